The van der Waals surface area contributed by atoms with Crippen LogP contribution in [-0.2, 0) is 4.74 Å². The van der Waals surface area contributed by atoms with Crippen LogP contribution >= 0.6 is 15.9 Å². The van der Waals surface area contributed by atoms with Gasteiger partial charge in [0.2, 0.25) is 0 Å². The van der Waals surface area contributed by atoms with Crippen molar-refractivity contribution >= 4 is 22.0 Å². The molecule has 4 nitrogen and oxygen atoms in total. The number of carbonyl (C=O) groups excluding carboxylic acids is 1. The summed E-state index contributed by atoms with van der Waals surface area (Å²) in [5.74, 6) is 0. The molecular formula is C15H21BrN2O2. The molecule has 1 aromatic carbocycles. The van der Waals surface area contributed by atoms with Crippen LogP contribution in [0.4, 0.5) is 4.79 Å². The van der Waals surface area contributed by atoms with Crippen molar-refractivity contribution in [3.05, 3.63) is 34.3 Å². The summed E-state index contributed by atoms with van der Waals surface area (Å²) in [6.45, 7) is 7.73. The predicted molar refractivity (Wildman–Crippen MR) is 82.7 cm³/mol. The molecule has 1 aliphatic rings. The second-order valence-electron chi connectivity index (χ2n) is 5.95. The van der Waals surface area contributed by atoms with E-state index in [-0.39, 0.29) is 12.1 Å². The van der Waals surface area contributed by atoms with Crippen LogP contribution in [0.3, 0.4) is 0 Å². The van der Waals surface area contributed by atoms with Crippen LogP contribution in [0.2, 0.25) is 0 Å². The Morgan fingerprint density at radius 3 is 2.75 bits per heavy atom. The minimum atomic E-state index is -0.454. The fourth-order valence-corrected chi connectivity index (χ4v) is 2.77. The molecule has 1 aromatic rings. The normalized spacial score (nSPS) is 19.8. The lowest BCUT2D eigenvalue weighted by Gasteiger charge is -2.35. The zero-order chi connectivity index (χ0) is 14.8. The number of nitrogens with one attached hydrogen (secondary N) is 1. The summed E-state index contributed by atoms with van der Waals surface area (Å²) in [5.41, 5.74) is 0.714. The fraction of sp³-hybridized carbons (Fsp3) is 0.533. The Morgan fingerprint density at radius 1 is 1.40 bits per heavy atom. The average molecular weight is 341 g/mol. The number of rotatable bonds is 1. The van der Waals surface area contributed by atoms with Crippen molar-refractivity contribution in [3.8, 4) is 0 Å². The number of benzene rings is 1. The Balaban J connectivity index is 2.06. The highest BCUT2D eigenvalue weighted by atomic mass is 79.9. The molecule has 110 valence electrons. The van der Waals surface area contributed by atoms with Crippen LogP contribution < -0.4 is 5.32 Å². The van der Waals surface area contributed by atoms with Crippen molar-refractivity contribution in [3.63, 3.8) is 0 Å². The Morgan fingerprint density at radius 2 is 2.10 bits per heavy atom. The maximum Gasteiger partial charge on any atom is 0.410 e. The number of ether oxygens (including phenoxy) is 1. The maximum atomic E-state index is 12.1. The van der Waals surface area contributed by atoms with E-state index >= 15 is 0 Å². The van der Waals surface area contributed by atoms with Gasteiger partial charge in [-0.1, -0.05) is 34.1 Å². The minimum Gasteiger partial charge on any atom is -0.444 e. The third-order valence-electron chi connectivity index (χ3n) is 3.11. The third-order valence-corrected chi connectivity index (χ3v) is 3.83. The first-order valence-corrected chi connectivity index (χ1v) is 7.62. The van der Waals surface area contributed by atoms with E-state index in [0.717, 1.165) is 11.0 Å². The zero-order valence-corrected chi connectivity index (χ0v) is 13.7. The number of carbonyl (C=O) groups is 1. The molecule has 1 fully saturated rings. The van der Waals surface area contributed by atoms with Crippen LogP contribution in [0.5, 0.6) is 0 Å². The lowest BCUT2D eigenvalue weighted by Crippen LogP contribution is -2.49. The molecule has 0 bridgehead atoms. The summed E-state index contributed by atoms with van der Waals surface area (Å²) in [6.07, 6.45) is -0.240. The average Bonchev–Trinajstić information content (AvgIpc) is 2.37. The molecule has 0 aliphatic carbocycles. The Hall–Kier alpha value is -1.07. The van der Waals surface area contributed by atoms with E-state index < -0.39 is 5.60 Å². The second-order valence-corrected chi connectivity index (χ2v) is 6.81. The van der Waals surface area contributed by atoms with Crippen LogP contribution in [0.25, 0.3) is 0 Å². The lowest BCUT2D eigenvalue weighted by molar-refractivity contribution is 0.0195. The van der Waals surface area contributed by atoms with E-state index in [1.807, 2.05) is 39.0 Å². The highest BCUT2D eigenvalue weighted by Crippen LogP contribution is 2.25. The van der Waals surface area contributed by atoms with Crippen molar-refractivity contribution in [1.29, 1.82) is 0 Å². The first kappa shape index (κ1) is 15.3. The molecule has 5 heteroatoms. The number of nitrogens with zero attached hydrogens (tertiary/aromatic N) is 1. The van der Waals surface area contributed by atoms with Gasteiger partial charge >= 0.3 is 6.09 Å². The van der Waals surface area contributed by atoms with Crippen LogP contribution in [0, 0.1) is 0 Å². The summed E-state index contributed by atoms with van der Waals surface area (Å²) in [7, 11) is 0. The van der Waals surface area contributed by atoms with Gasteiger partial charge in [0.05, 0.1) is 6.04 Å². The number of amides is 1. The van der Waals surface area contributed by atoms with Gasteiger partial charge in [0.15, 0.2) is 0 Å². The van der Waals surface area contributed by atoms with Gasteiger partial charge in [-0.05, 0) is 32.4 Å². The molecular weight excluding hydrogens is 320 g/mol. The van der Waals surface area contributed by atoms with Crippen molar-refractivity contribution in [2.45, 2.75) is 32.4 Å². The summed E-state index contributed by atoms with van der Waals surface area (Å²) >= 11 is 3.56. The van der Waals surface area contributed by atoms with Crippen molar-refractivity contribution in [2.24, 2.45) is 0 Å². The van der Waals surface area contributed by atoms with E-state index in [1.54, 1.807) is 4.90 Å². The molecule has 1 N–H and O–H groups in total. The van der Waals surface area contributed by atoms with Gasteiger partial charge in [0.25, 0.3) is 0 Å². The number of piperazine rings is 1. The largest absolute Gasteiger partial charge is 0.444 e. The summed E-state index contributed by atoms with van der Waals surface area (Å²) < 4.78 is 6.50. The molecule has 1 aliphatic heterocycles. The molecule has 20 heavy (non-hydrogen) atoms. The van der Waals surface area contributed by atoms with Crippen molar-refractivity contribution in [2.75, 3.05) is 19.6 Å². The molecule has 1 heterocycles. The predicted octanol–water partition coefficient (Wildman–Crippen LogP) is 3.33. The topological polar surface area (TPSA) is 41.6 Å². The van der Waals surface area contributed by atoms with Crippen molar-refractivity contribution < 1.29 is 9.53 Å². The smallest absolute Gasteiger partial charge is 0.410 e. The number of halogens is 1. The number of hydrogen-bond donors (Lipinski definition) is 1. The second kappa shape index (κ2) is 6.14. The Kier molecular flexibility index (Phi) is 4.70. The maximum absolute atomic E-state index is 12.1. The van der Waals surface area contributed by atoms with Crippen molar-refractivity contribution in [1.82, 2.24) is 10.2 Å². The standard InChI is InChI=1S/C15H21BrN2O2/c1-15(2,3)20-14(19)18-9-8-17-13(10-18)11-6-4-5-7-12(11)16/h4-7,13,17H,8-10H2,1-3H3. The summed E-state index contributed by atoms with van der Waals surface area (Å²) in [4.78, 5) is 13.9. The van der Waals surface area contributed by atoms with Gasteiger partial charge in [0, 0.05) is 24.1 Å². The zero-order valence-electron chi connectivity index (χ0n) is 12.1. The lowest BCUT2D eigenvalue weighted by atomic mass is 10.0. The SMILES string of the molecule is CC(C)(C)OC(=O)N1CCNC(c2ccccc2Br)C1. The van der Waals surface area contributed by atoms with E-state index in [2.05, 4.69) is 27.3 Å². The molecule has 0 saturated carbocycles. The Bertz CT molecular complexity index is 485. The van der Waals surface area contributed by atoms with Crippen LogP contribution in [-0.4, -0.2) is 36.2 Å². The Labute approximate surface area is 128 Å². The quantitative estimate of drug-likeness (QED) is 0.852. The first-order chi connectivity index (χ1) is 9.37. The molecule has 0 aromatic heterocycles. The molecule has 1 atom stereocenters. The molecule has 1 amide bonds. The highest BCUT2D eigenvalue weighted by Gasteiger charge is 2.28. The molecule has 1 unspecified atom stereocenters. The van der Waals surface area contributed by atoms with E-state index in [1.165, 1.54) is 5.56 Å². The number of hydrogen-bond acceptors (Lipinski definition) is 3. The van der Waals surface area contributed by atoms with Gasteiger partial charge in [0.1, 0.15) is 5.60 Å². The van der Waals surface area contributed by atoms with Gasteiger partial charge in [-0.3, -0.25) is 0 Å². The van der Waals surface area contributed by atoms with E-state index in [4.69, 9.17) is 4.74 Å². The summed E-state index contributed by atoms with van der Waals surface area (Å²) in [5, 5.41) is 3.44. The van der Waals surface area contributed by atoms with Gasteiger partial charge in [-0.2, -0.15) is 0 Å². The molecule has 0 spiro atoms. The molecule has 1 saturated heterocycles. The fourth-order valence-electron chi connectivity index (χ4n) is 2.21. The van der Waals surface area contributed by atoms with E-state index in [0.29, 0.717) is 13.1 Å². The molecule has 0 radical (unpaired) electrons. The highest BCUT2D eigenvalue weighted by molar-refractivity contribution is 9.10. The van der Waals surface area contributed by atoms with E-state index in [9.17, 15) is 4.79 Å². The van der Waals surface area contributed by atoms with Gasteiger partial charge in [-0.25, -0.2) is 4.79 Å². The minimum absolute atomic E-state index is 0.131. The van der Waals surface area contributed by atoms with Crippen LogP contribution in [0.1, 0.15) is 32.4 Å². The monoisotopic (exact) mass is 340 g/mol. The first-order valence-electron chi connectivity index (χ1n) is 6.82. The summed E-state index contributed by atoms with van der Waals surface area (Å²) in [6, 6.07) is 8.21. The third kappa shape index (κ3) is 3.96. The van der Waals surface area contributed by atoms with Gasteiger partial charge in [-0.15, -0.1) is 0 Å². The van der Waals surface area contributed by atoms with Crippen LogP contribution in [0.15, 0.2) is 28.7 Å². The van der Waals surface area contributed by atoms with Gasteiger partial charge < -0.3 is 15.0 Å². The molecule has 2 rings (SSSR count).